The van der Waals surface area contributed by atoms with Crippen LogP contribution in [-0.2, 0) is 17.6 Å². The van der Waals surface area contributed by atoms with Crippen molar-refractivity contribution in [3.8, 4) is 11.5 Å². The third-order valence-electron chi connectivity index (χ3n) is 6.27. The highest BCUT2D eigenvalue weighted by Gasteiger charge is 2.37. The zero-order chi connectivity index (χ0) is 22.2. The van der Waals surface area contributed by atoms with Crippen molar-refractivity contribution in [2.75, 3.05) is 31.5 Å². The molecule has 0 radical (unpaired) electrons. The van der Waals surface area contributed by atoms with Crippen molar-refractivity contribution in [2.24, 2.45) is 0 Å². The third kappa shape index (κ3) is 4.06. The number of aryl methyl sites for hydroxylation is 2. The lowest BCUT2D eigenvalue weighted by Gasteiger charge is -2.27. The lowest BCUT2D eigenvalue weighted by molar-refractivity contribution is -0.138. The van der Waals surface area contributed by atoms with Gasteiger partial charge in [-0.15, -0.1) is 0 Å². The van der Waals surface area contributed by atoms with Crippen LogP contribution in [0.15, 0.2) is 24.3 Å². The minimum Gasteiger partial charge on any atom is -0.481 e. The molecule has 2 aromatic rings. The Morgan fingerprint density at radius 2 is 2.19 bits per heavy atom. The predicted octanol–water partition coefficient (Wildman–Crippen LogP) is 3.57. The number of ether oxygens (including phenoxy) is 1. The summed E-state index contributed by atoms with van der Waals surface area (Å²) >= 11 is 0. The molecule has 0 aliphatic carbocycles. The highest BCUT2D eigenvalue weighted by Crippen LogP contribution is 2.49. The molecule has 1 fully saturated rings. The molecule has 5 rings (SSSR count). The van der Waals surface area contributed by atoms with E-state index in [4.69, 9.17) is 9.72 Å². The molecule has 0 unspecified atom stereocenters. The Bertz CT molecular complexity index is 1080. The van der Waals surface area contributed by atoms with E-state index >= 15 is 0 Å². The predicted molar refractivity (Wildman–Crippen MR) is 115 cm³/mol. The molecule has 1 saturated heterocycles. The van der Waals surface area contributed by atoms with Gasteiger partial charge in [0.15, 0.2) is 11.6 Å². The maximum Gasteiger partial charge on any atom is 0.320 e. The number of pyridine rings is 1. The lowest BCUT2D eigenvalue weighted by atomic mass is 10.0. The third-order valence-corrected chi connectivity index (χ3v) is 6.27. The summed E-state index contributed by atoms with van der Waals surface area (Å²) in [6.45, 7) is 2.41. The Morgan fingerprint density at radius 1 is 1.31 bits per heavy atom. The smallest absolute Gasteiger partial charge is 0.320 e. The minimum atomic E-state index is -1.04. The molecule has 4 heterocycles. The second-order valence-electron chi connectivity index (χ2n) is 8.45. The van der Waals surface area contributed by atoms with E-state index in [1.54, 1.807) is 11.0 Å². The highest BCUT2D eigenvalue weighted by molar-refractivity contribution is 5.78. The van der Waals surface area contributed by atoms with Crippen molar-refractivity contribution in [2.45, 2.75) is 38.1 Å². The number of halogens is 1. The number of urea groups is 1. The molecule has 0 saturated carbocycles. The molecular formula is C23H25FN4O4. The van der Waals surface area contributed by atoms with Crippen LogP contribution < -0.4 is 10.1 Å². The Labute approximate surface area is 185 Å². The van der Waals surface area contributed by atoms with Crippen LogP contribution in [0.2, 0.25) is 0 Å². The first-order chi connectivity index (χ1) is 15.5. The number of hydrogen-bond donors (Lipinski definition) is 2. The van der Waals surface area contributed by atoms with E-state index in [-0.39, 0.29) is 18.2 Å². The van der Waals surface area contributed by atoms with Gasteiger partial charge in [0.05, 0.1) is 12.5 Å². The fraction of sp³-hybridized carbons (Fsp3) is 0.435. The molecule has 0 bridgehead atoms. The number of benzene rings is 1. The Balaban J connectivity index is 1.22. The van der Waals surface area contributed by atoms with Gasteiger partial charge in [-0.2, -0.15) is 0 Å². The SMILES string of the molecule is O=C(O)C[C@@H](c1cc(F)c2c(c1)O2)N1CCN(CCCc2ccc3c(n2)NCCC3)C1=O. The number of carbonyl (C=O) groups excluding carboxylic acids is 1. The van der Waals surface area contributed by atoms with Crippen LogP contribution in [0.1, 0.15) is 42.1 Å². The van der Waals surface area contributed by atoms with Crippen LogP contribution in [0.5, 0.6) is 11.5 Å². The fourth-order valence-corrected chi connectivity index (χ4v) is 4.57. The lowest BCUT2D eigenvalue weighted by Crippen LogP contribution is -2.36. The van der Waals surface area contributed by atoms with Crippen molar-refractivity contribution in [1.29, 1.82) is 0 Å². The molecule has 32 heavy (non-hydrogen) atoms. The Kier molecular flexibility index (Phi) is 5.32. The van der Waals surface area contributed by atoms with Gasteiger partial charge in [0.25, 0.3) is 0 Å². The second kappa shape index (κ2) is 8.29. The highest BCUT2D eigenvalue weighted by atomic mass is 19.1. The van der Waals surface area contributed by atoms with Crippen molar-refractivity contribution >= 4 is 17.8 Å². The molecule has 0 spiro atoms. The quantitative estimate of drug-likeness (QED) is 0.520. The molecule has 8 nitrogen and oxygen atoms in total. The van der Waals surface area contributed by atoms with Gasteiger partial charge in [-0.3, -0.25) is 4.79 Å². The maximum atomic E-state index is 14.0. The Morgan fingerprint density at radius 3 is 3.00 bits per heavy atom. The molecule has 3 aliphatic rings. The minimum absolute atomic E-state index is 0.197. The standard InChI is InChI=1S/C23H25FN4O4/c24-17-11-15(12-19-21(17)32-19)18(13-20(29)30)28-10-9-27(23(28)31)8-2-4-16-6-5-14-3-1-7-25-22(14)26-16/h5-6,11-12,18H,1-4,7-10,13H2,(H,25,26)(H,29,30)/t18-/m0/s1. The zero-order valence-electron chi connectivity index (χ0n) is 17.6. The number of carboxylic acid groups (broad SMARTS) is 1. The zero-order valence-corrected chi connectivity index (χ0v) is 17.6. The average Bonchev–Trinajstić information content (AvgIpc) is 3.49. The van der Waals surface area contributed by atoms with E-state index in [9.17, 15) is 19.1 Å². The number of hydrogen-bond acceptors (Lipinski definition) is 5. The topological polar surface area (TPSA) is 98.3 Å². The van der Waals surface area contributed by atoms with Gasteiger partial charge in [0.1, 0.15) is 5.82 Å². The van der Waals surface area contributed by atoms with Gasteiger partial charge < -0.3 is 25.0 Å². The maximum absolute atomic E-state index is 14.0. The van der Waals surface area contributed by atoms with Crippen molar-refractivity contribution in [1.82, 2.24) is 14.8 Å². The number of aliphatic carboxylic acids is 1. The van der Waals surface area contributed by atoms with E-state index in [1.807, 2.05) is 6.07 Å². The first kappa shape index (κ1) is 20.5. The first-order valence-electron chi connectivity index (χ1n) is 11.0. The largest absolute Gasteiger partial charge is 0.481 e. The number of aromatic nitrogens is 1. The number of anilines is 1. The summed E-state index contributed by atoms with van der Waals surface area (Å²) in [5.41, 5.74) is 2.69. The van der Waals surface area contributed by atoms with Crippen LogP contribution in [0, 0.1) is 5.82 Å². The van der Waals surface area contributed by atoms with E-state index < -0.39 is 17.8 Å². The molecular weight excluding hydrogens is 415 g/mol. The molecule has 3 aliphatic heterocycles. The molecule has 1 atom stereocenters. The molecule has 1 aromatic carbocycles. The average molecular weight is 440 g/mol. The van der Waals surface area contributed by atoms with Gasteiger partial charge in [0.2, 0.25) is 5.75 Å². The number of nitrogens with one attached hydrogen (secondary N) is 1. The van der Waals surface area contributed by atoms with E-state index in [2.05, 4.69) is 11.4 Å². The number of fused-ring (bicyclic) bond motifs is 2. The molecule has 2 amide bonds. The first-order valence-corrected chi connectivity index (χ1v) is 11.0. The molecule has 9 heteroatoms. The molecule has 2 N–H and O–H groups in total. The van der Waals surface area contributed by atoms with E-state index in [1.165, 1.54) is 16.5 Å². The van der Waals surface area contributed by atoms with Gasteiger partial charge in [-0.25, -0.2) is 14.2 Å². The number of amides is 2. The van der Waals surface area contributed by atoms with Crippen molar-refractivity contribution in [3.63, 3.8) is 0 Å². The normalized spacial score (nSPS) is 17.3. The summed E-state index contributed by atoms with van der Waals surface area (Å²) in [5, 5.41) is 12.7. The summed E-state index contributed by atoms with van der Waals surface area (Å²) in [4.78, 5) is 32.4. The van der Waals surface area contributed by atoms with Crippen molar-refractivity contribution < 1.29 is 23.8 Å². The van der Waals surface area contributed by atoms with Gasteiger partial charge >= 0.3 is 12.0 Å². The van der Waals surface area contributed by atoms with Crippen molar-refractivity contribution in [3.05, 3.63) is 46.9 Å². The summed E-state index contributed by atoms with van der Waals surface area (Å²) in [6.07, 6.45) is 3.39. The van der Waals surface area contributed by atoms with Crippen LogP contribution in [-0.4, -0.2) is 58.1 Å². The summed E-state index contributed by atoms with van der Waals surface area (Å²) in [6, 6.07) is 6.11. The van der Waals surface area contributed by atoms with Crippen LogP contribution in [0.3, 0.4) is 0 Å². The second-order valence-corrected chi connectivity index (χ2v) is 8.45. The number of carbonyl (C=O) groups is 2. The van der Waals surface area contributed by atoms with Crippen LogP contribution >= 0.6 is 0 Å². The van der Waals surface area contributed by atoms with Crippen LogP contribution in [0.25, 0.3) is 0 Å². The van der Waals surface area contributed by atoms with Gasteiger partial charge in [-0.1, -0.05) is 6.07 Å². The number of rotatable bonds is 8. The molecule has 168 valence electrons. The van der Waals surface area contributed by atoms with Gasteiger partial charge in [0, 0.05) is 31.9 Å². The summed E-state index contributed by atoms with van der Waals surface area (Å²) in [7, 11) is 0. The Hall–Kier alpha value is -3.36. The molecule has 1 aromatic heterocycles. The number of carboxylic acids is 1. The van der Waals surface area contributed by atoms with Gasteiger partial charge in [-0.05, 0) is 55.0 Å². The van der Waals surface area contributed by atoms with Crippen LogP contribution in [0.4, 0.5) is 15.0 Å². The monoisotopic (exact) mass is 440 g/mol. The van der Waals surface area contributed by atoms with E-state index in [0.29, 0.717) is 30.9 Å². The van der Waals surface area contributed by atoms with E-state index in [0.717, 1.165) is 43.7 Å². The summed E-state index contributed by atoms with van der Waals surface area (Å²) < 4.78 is 19.1. The number of nitrogens with zero attached hydrogens (tertiary/aromatic N) is 3. The fourth-order valence-electron chi connectivity index (χ4n) is 4.57. The summed E-state index contributed by atoms with van der Waals surface area (Å²) in [5.74, 6) is 0.00438.